The average Bonchev–Trinajstić information content (AvgIpc) is 2.40. The van der Waals surface area contributed by atoms with E-state index in [0.29, 0.717) is 5.69 Å². The molecule has 0 radical (unpaired) electrons. The molecular formula is C11H10BrClN2O3. The van der Waals surface area contributed by atoms with Crippen molar-refractivity contribution in [2.24, 2.45) is 10.2 Å². The van der Waals surface area contributed by atoms with Gasteiger partial charge in [-0.3, -0.25) is 0 Å². The fourth-order valence-corrected chi connectivity index (χ4v) is 1.38. The zero-order chi connectivity index (χ0) is 13.5. The van der Waals surface area contributed by atoms with Gasteiger partial charge in [0.2, 0.25) is 5.70 Å². The SMILES string of the molecule is COC(=O)C(N=Nc1ccc(Br)cc1)=C(O)CCl. The topological polar surface area (TPSA) is 71.2 Å². The Morgan fingerprint density at radius 1 is 1.44 bits per heavy atom. The maximum Gasteiger partial charge on any atom is 0.362 e. The zero-order valence-electron chi connectivity index (χ0n) is 9.43. The van der Waals surface area contributed by atoms with Crippen molar-refractivity contribution in [1.29, 1.82) is 0 Å². The Bertz CT molecular complexity index is 486. The third-order valence-electron chi connectivity index (χ3n) is 1.87. The van der Waals surface area contributed by atoms with E-state index in [1.165, 1.54) is 7.11 Å². The summed E-state index contributed by atoms with van der Waals surface area (Å²) in [6.45, 7) is 0. The number of hydrogen-bond donors (Lipinski definition) is 1. The summed E-state index contributed by atoms with van der Waals surface area (Å²) >= 11 is 8.71. The molecule has 5 nitrogen and oxygen atoms in total. The molecule has 0 atom stereocenters. The molecule has 0 amide bonds. The summed E-state index contributed by atoms with van der Waals surface area (Å²) in [6.07, 6.45) is 0. The van der Waals surface area contributed by atoms with Crippen LogP contribution in [0.4, 0.5) is 5.69 Å². The molecule has 0 spiro atoms. The highest BCUT2D eigenvalue weighted by Crippen LogP contribution is 2.19. The predicted molar refractivity (Wildman–Crippen MR) is 71.0 cm³/mol. The van der Waals surface area contributed by atoms with Crippen LogP contribution in [0, 0.1) is 0 Å². The first-order valence-corrected chi connectivity index (χ1v) is 6.15. The van der Waals surface area contributed by atoms with Gasteiger partial charge in [0.25, 0.3) is 0 Å². The zero-order valence-corrected chi connectivity index (χ0v) is 11.8. The fraction of sp³-hybridized carbons (Fsp3) is 0.182. The number of halogens is 2. The van der Waals surface area contributed by atoms with Crippen LogP contribution in [0.25, 0.3) is 0 Å². The van der Waals surface area contributed by atoms with E-state index in [-0.39, 0.29) is 17.3 Å². The molecule has 0 saturated heterocycles. The molecule has 0 bridgehead atoms. The molecule has 0 heterocycles. The molecule has 0 aromatic heterocycles. The van der Waals surface area contributed by atoms with E-state index in [1.807, 2.05) is 0 Å². The molecule has 96 valence electrons. The number of carbonyl (C=O) groups is 1. The lowest BCUT2D eigenvalue weighted by Gasteiger charge is -2.01. The van der Waals surface area contributed by atoms with Gasteiger partial charge in [-0.15, -0.1) is 16.7 Å². The smallest absolute Gasteiger partial charge is 0.362 e. The number of aliphatic hydroxyl groups is 1. The van der Waals surface area contributed by atoms with Crippen LogP contribution in [0.15, 0.2) is 50.4 Å². The second-order valence-electron chi connectivity index (χ2n) is 3.10. The number of rotatable bonds is 4. The summed E-state index contributed by atoms with van der Waals surface area (Å²) in [7, 11) is 1.18. The Kier molecular flexibility index (Phi) is 5.80. The summed E-state index contributed by atoms with van der Waals surface area (Å²) in [5.41, 5.74) is 0.220. The van der Waals surface area contributed by atoms with Crippen LogP contribution >= 0.6 is 27.5 Å². The molecule has 1 aromatic rings. The van der Waals surface area contributed by atoms with Crippen molar-refractivity contribution in [3.05, 3.63) is 40.2 Å². The number of aliphatic hydroxyl groups excluding tert-OH is 1. The predicted octanol–water partition coefficient (Wildman–Crippen LogP) is 3.71. The summed E-state index contributed by atoms with van der Waals surface area (Å²) in [5.74, 6) is -1.43. The highest BCUT2D eigenvalue weighted by Gasteiger charge is 2.15. The number of alkyl halides is 1. The van der Waals surface area contributed by atoms with E-state index in [1.54, 1.807) is 24.3 Å². The molecule has 1 rings (SSSR count). The van der Waals surface area contributed by atoms with E-state index in [0.717, 1.165) is 4.47 Å². The Hall–Kier alpha value is -1.40. The maximum atomic E-state index is 11.3. The number of carbonyl (C=O) groups excluding carboxylic acids is 1. The Labute approximate surface area is 117 Å². The molecular weight excluding hydrogens is 323 g/mol. The van der Waals surface area contributed by atoms with Gasteiger partial charge in [0.1, 0.15) is 5.76 Å². The standard InChI is InChI=1S/C11H10BrClN2O3/c1-18-11(17)10(9(16)6-13)15-14-8-4-2-7(12)3-5-8/h2-5,16H,6H2,1H3. The molecule has 1 aromatic carbocycles. The number of esters is 1. The summed E-state index contributed by atoms with van der Waals surface area (Å²) in [4.78, 5) is 11.3. The number of allylic oxidation sites excluding steroid dienone is 1. The first-order chi connectivity index (χ1) is 8.58. The lowest BCUT2D eigenvalue weighted by molar-refractivity contribution is -0.136. The summed E-state index contributed by atoms with van der Waals surface area (Å²) in [6, 6.07) is 6.94. The van der Waals surface area contributed by atoms with Crippen LogP contribution in [0.1, 0.15) is 0 Å². The number of methoxy groups -OCH3 is 1. The number of nitrogens with zero attached hydrogens (tertiary/aromatic N) is 2. The summed E-state index contributed by atoms with van der Waals surface area (Å²) in [5, 5.41) is 16.9. The van der Waals surface area contributed by atoms with Crippen LogP contribution in [0.5, 0.6) is 0 Å². The molecule has 0 saturated carbocycles. The van der Waals surface area contributed by atoms with Crippen LogP contribution in [-0.4, -0.2) is 24.1 Å². The van der Waals surface area contributed by atoms with Gasteiger partial charge in [0.15, 0.2) is 0 Å². The highest BCUT2D eigenvalue weighted by atomic mass is 79.9. The molecule has 0 unspecified atom stereocenters. The van der Waals surface area contributed by atoms with Crippen molar-refractivity contribution >= 4 is 39.2 Å². The molecule has 1 N–H and O–H groups in total. The number of azo groups is 1. The van der Waals surface area contributed by atoms with Gasteiger partial charge in [0, 0.05) is 4.47 Å². The fourth-order valence-electron chi connectivity index (χ4n) is 0.992. The van der Waals surface area contributed by atoms with Crippen molar-refractivity contribution < 1.29 is 14.6 Å². The molecule has 0 aliphatic rings. The van der Waals surface area contributed by atoms with Crippen LogP contribution < -0.4 is 0 Å². The molecule has 0 aliphatic heterocycles. The minimum absolute atomic E-state index is 0.246. The van der Waals surface area contributed by atoms with Gasteiger partial charge in [-0.1, -0.05) is 15.9 Å². The van der Waals surface area contributed by atoms with E-state index in [2.05, 4.69) is 30.9 Å². The van der Waals surface area contributed by atoms with Crippen molar-refractivity contribution in [3.63, 3.8) is 0 Å². The van der Waals surface area contributed by atoms with Crippen molar-refractivity contribution in [2.45, 2.75) is 0 Å². The Morgan fingerprint density at radius 3 is 2.56 bits per heavy atom. The first kappa shape index (κ1) is 14.7. The van der Waals surface area contributed by atoms with E-state index in [4.69, 9.17) is 11.6 Å². The third-order valence-corrected chi connectivity index (χ3v) is 2.65. The number of hydrogen-bond acceptors (Lipinski definition) is 5. The van der Waals surface area contributed by atoms with Crippen LogP contribution in [0.2, 0.25) is 0 Å². The molecule has 18 heavy (non-hydrogen) atoms. The van der Waals surface area contributed by atoms with E-state index < -0.39 is 5.97 Å². The number of benzene rings is 1. The minimum Gasteiger partial charge on any atom is -0.508 e. The molecule has 0 fully saturated rings. The maximum absolute atomic E-state index is 11.3. The largest absolute Gasteiger partial charge is 0.508 e. The van der Waals surface area contributed by atoms with Gasteiger partial charge < -0.3 is 9.84 Å². The van der Waals surface area contributed by atoms with Crippen molar-refractivity contribution in [2.75, 3.05) is 13.0 Å². The first-order valence-electron chi connectivity index (χ1n) is 4.82. The normalized spacial score (nSPS) is 12.4. The second-order valence-corrected chi connectivity index (χ2v) is 4.28. The Morgan fingerprint density at radius 2 is 2.06 bits per heavy atom. The molecule has 7 heteroatoms. The van der Waals surface area contributed by atoms with Crippen molar-refractivity contribution in [1.82, 2.24) is 0 Å². The molecule has 0 aliphatic carbocycles. The quantitative estimate of drug-likeness (QED) is 0.300. The lowest BCUT2D eigenvalue weighted by Crippen LogP contribution is -2.06. The van der Waals surface area contributed by atoms with E-state index in [9.17, 15) is 9.90 Å². The van der Waals surface area contributed by atoms with E-state index >= 15 is 0 Å². The van der Waals surface area contributed by atoms with Crippen molar-refractivity contribution in [3.8, 4) is 0 Å². The van der Waals surface area contributed by atoms with Gasteiger partial charge in [-0.2, -0.15) is 5.11 Å². The average molecular weight is 334 g/mol. The second kappa shape index (κ2) is 7.13. The highest BCUT2D eigenvalue weighted by molar-refractivity contribution is 9.10. The van der Waals surface area contributed by atoms with Gasteiger partial charge in [0.05, 0.1) is 18.7 Å². The van der Waals surface area contributed by atoms with Gasteiger partial charge >= 0.3 is 5.97 Å². The lowest BCUT2D eigenvalue weighted by atomic mass is 10.3. The Balaban J connectivity index is 2.97. The van der Waals surface area contributed by atoms with Gasteiger partial charge in [-0.25, -0.2) is 4.79 Å². The van der Waals surface area contributed by atoms with Crippen LogP contribution in [-0.2, 0) is 9.53 Å². The monoisotopic (exact) mass is 332 g/mol. The summed E-state index contributed by atoms with van der Waals surface area (Å²) < 4.78 is 5.36. The van der Waals surface area contributed by atoms with Gasteiger partial charge in [-0.05, 0) is 24.3 Å². The third kappa shape index (κ3) is 4.12. The van der Waals surface area contributed by atoms with Crippen LogP contribution in [0.3, 0.4) is 0 Å². The minimum atomic E-state index is -0.797. The number of ether oxygens (including phenoxy) is 1.